The molecule has 3 fully saturated rings. The van der Waals surface area contributed by atoms with E-state index in [0.717, 1.165) is 25.4 Å². The molecule has 15 heteroatoms. The quantitative estimate of drug-likeness (QED) is 0.0813. The first-order chi connectivity index (χ1) is 26.2. The molecule has 6 unspecified atom stereocenters. The molecule has 0 bridgehead atoms. The molecule has 5 aromatic rings. The third-order valence-electron chi connectivity index (χ3n) is 12.1. The fourth-order valence-corrected chi connectivity index (χ4v) is 11.1. The van der Waals surface area contributed by atoms with E-state index >= 15 is 4.79 Å². The molecule has 1 saturated carbocycles. The van der Waals surface area contributed by atoms with E-state index in [1.807, 2.05) is 31.2 Å². The number of fused-ring (bicyclic) bond motifs is 5. The highest BCUT2D eigenvalue weighted by atomic mass is 35.5. The number of allylic oxidation sites excluding steroid dienone is 2. The number of carbonyl (C=O) groups is 4. The van der Waals surface area contributed by atoms with Gasteiger partial charge in [0, 0.05) is 45.9 Å². The Morgan fingerprint density at radius 1 is 0.964 bits per heavy atom. The average Bonchev–Trinajstić information content (AvgIpc) is 3.82. The van der Waals surface area contributed by atoms with Gasteiger partial charge in [-0.3, -0.25) is 34.0 Å². The highest BCUT2D eigenvalue weighted by molar-refractivity contribution is 7.22. The Bertz CT molecular complexity index is 2620. The number of thiophene rings is 1. The van der Waals surface area contributed by atoms with Crippen LogP contribution in [-0.4, -0.2) is 43.4 Å². The molecule has 9 rings (SSSR count). The number of aromatic nitrogens is 2. The number of nitrogens with zero attached hydrogens (tertiary/aromatic N) is 5. The molecule has 0 spiro atoms. The van der Waals surface area contributed by atoms with Crippen LogP contribution in [0.25, 0.3) is 20.7 Å². The maximum atomic E-state index is 15.1. The number of rotatable bonds is 5. The summed E-state index contributed by atoms with van der Waals surface area (Å²) >= 11 is 14.7. The summed E-state index contributed by atoms with van der Waals surface area (Å²) in [6, 6.07) is 17.3. The number of phenolic OH excluding ortho intramolecular Hbond substituents is 1. The molecule has 2 aromatic heterocycles. The van der Waals surface area contributed by atoms with Crippen molar-refractivity contribution in [3.8, 4) is 16.3 Å². The van der Waals surface area contributed by atoms with Gasteiger partial charge in [-0.1, -0.05) is 47.0 Å². The lowest BCUT2D eigenvalue weighted by Crippen LogP contribution is -2.49. The standard InChI is InChI=1S/C40H31Cl2N5O7S/c1-18-26-13-19(41)7-12-31(26)55-35(18)30-17-32(44(3)43-30)46-37(50)28-16-27-23(34(40(28,2)39(46)52)24-9-8-22(48)15-29(24)42)10-11-25-33(27)38(51)45(36(25)49)20-5-4-6-21(14-20)47(53)54/h4-10,12-15,17,25,27-28,33-34,48H,11,16H2,1-3H3. The van der Waals surface area contributed by atoms with Crippen molar-refractivity contribution in [1.29, 1.82) is 0 Å². The van der Waals surface area contributed by atoms with E-state index in [9.17, 15) is 29.6 Å². The molecule has 4 heterocycles. The van der Waals surface area contributed by atoms with Gasteiger partial charge in [-0.05, 0) is 85.5 Å². The van der Waals surface area contributed by atoms with Crippen molar-refractivity contribution in [2.24, 2.45) is 36.1 Å². The minimum Gasteiger partial charge on any atom is -0.508 e. The van der Waals surface area contributed by atoms with Gasteiger partial charge >= 0.3 is 0 Å². The number of aryl methyl sites for hydroxylation is 2. The van der Waals surface area contributed by atoms with Crippen LogP contribution in [0.5, 0.6) is 5.75 Å². The van der Waals surface area contributed by atoms with E-state index < -0.39 is 63.6 Å². The number of halogens is 2. The summed E-state index contributed by atoms with van der Waals surface area (Å²) in [6.45, 7) is 3.73. The van der Waals surface area contributed by atoms with E-state index in [4.69, 9.17) is 28.3 Å². The molecule has 4 amide bonds. The van der Waals surface area contributed by atoms with Crippen LogP contribution in [0.2, 0.25) is 10.0 Å². The molecule has 55 heavy (non-hydrogen) atoms. The number of nitro benzene ring substituents is 1. The number of aromatic hydroxyl groups is 1. The molecular weight excluding hydrogens is 765 g/mol. The predicted octanol–water partition coefficient (Wildman–Crippen LogP) is 7.97. The van der Waals surface area contributed by atoms with Gasteiger partial charge in [-0.15, -0.1) is 11.3 Å². The first kappa shape index (κ1) is 35.3. The van der Waals surface area contributed by atoms with Crippen molar-refractivity contribution in [1.82, 2.24) is 9.78 Å². The van der Waals surface area contributed by atoms with Crippen LogP contribution in [0.15, 0.2) is 78.4 Å². The number of non-ortho nitro benzene ring substituents is 1. The Morgan fingerprint density at radius 3 is 2.49 bits per heavy atom. The van der Waals surface area contributed by atoms with Gasteiger partial charge < -0.3 is 5.11 Å². The van der Waals surface area contributed by atoms with Gasteiger partial charge in [-0.2, -0.15) is 5.10 Å². The number of nitro groups is 1. The third-order valence-corrected chi connectivity index (χ3v) is 13.9. The van der Waals surface area contributed by atoms with Crippen LogP contribution in [0.1, 0.15) is 36.8 Å². The number of phenols is 1. The molecule has 12 nitrogen and oxygen atoms in total. The summed E-state index contributed by atoms with van der Waals surface area (Å²) in [5, 5.41) is 28.4. The fourth-order valence-electron chi connectivity index (χ4n) is 9.54. The second-order valence-corrected chi connectivity index (χ2v) is 16.8. The van der Waals surface area contributed by atoms with Crippen LogP contribution < -0.4 is 9.80 Å². The van der Waals surface area contributed by atoms with Crippen molar-refractivity contribution in [3.05, 3.63) is 110 Å². The predicted molar refractivity (Wildman–Crippen MR) is 207 cm³/mol. The first-order valence-electron chi connectivity index (χ1n) is 17.6. The molecule has 278 valence electrons. The van der Waals surface area contributed by atoms with Gasteiger partial charge in [0.1, 0.15) is 17.3 Å². The van der Waals surface area contributed by atoms with Crippen LogP contribution in [0.4, 0.5) is 17.2 Å². The lowest BCUT2D eigenvalue weighted by atomic mass is 9.51. The minimum absolute atomic E-state index is 0.0821. The molecular formula is C40H31Cl2N5O7S. The van der Waals surface area contributed by atoms with Crippen molar-refractivity contribution in [2.45, 2.75) is 32.6 Å². The van der Waals surface area contributed by atoms with Crippen LogP contribution >= 0.6 is 34.5 Å². The number of benzene rings is 3. The summed E-state index contributed by atoms with van der Waals surface area (Å²) in [7, 11) is 1.68. The van der Waals surface area contributed by atoms with Gasteiger partial charge in [0.25, 0.3) is 5.69 Å². The molecule has 2 aliphatic carbocycles. The summed E-state index contributed by atoms with van der Waals surface area (Å²) < 4.78 is 2.53. The number of amides is 4. The zero-order valence-corrected chi connectivity index (χ0v) is 31.9. The highest BCUT2D eigenvalue weighted by Crippen LogP contribution is 2.64. The number of imide groups is 2. The lowest BCUT2D eigenvalue weighted by Gasteiger charge is -2.49. The molecule has 6 atom stereocenters. The second-order valence-electron chi connectivity index (χ2n) is 14.9. The van der Waals surface area contributed by atoms with E-state index in [-0.39, 0.29) is 40.8 Å². The molecule has 4 aliphatic rings. The van der Waals surface area contributed by atoms with Crippen molar-refractivity contribution >= 4 is 85.4 Å². The van der Waals surface area contributed by atoms with Crippen molar-refractivity contribution in [3.63, 3.8) is 0 Å². The Labute approximate surface area is 327 Å². The van der Waals surface area contributed by atoms with Crippen LogP contribution in [0.3, 0.4) is 0 Å². The second kappa shape index (κ2) is 12.3. The monoisotopic (exact) mass is 795 g/mol. The fraction of sp³-hybridized carbons (Fsp3) is 0.275. The van der Waals surface area contributed by atoms with E-state index in [1.165, 1.54) is 57.3 Å². The Kier molecular flexibility index (Phi) is 7.92. The molecule has 2 aliphatic heterocycles. The van der Waals surface area contributed by atoms with Crippen LogP contribution in [-0.2, 0) is 26.2 Å². The molecule has 2 saturated heterocycles. The number of hydrogen-bond acceptors (Lipinski definition) is 9. The Morgan fingerprint density at radius 2 is 1.75 bits per heavy atom. The maximum absolute atomic E-state index is 15.1. The SMILES string of the molecule is Cc1c(-c2cc(N3C(=O)C4CC5C(=CCC6C(=O)N(c7cccc([N+](=O)[O-])c7)C(=O)C65)C(c5ccc(O)cc5Cl)C4(C)C3=O)n(C)n2)sc2ccc(Cl)cc12. The van der Waals surface area contributed by atoms with Gasteiger partial charge in [0.2, 0.25) is 23.6 Å². The zero-order chi connectivity index (χ0) is 38.8. The Hall–Kier alpha value is -5.37. The number of carbonyl (C=O) groups excluding carboxylic acids is 4. The summed E-state index contributed by atoms with van der Waals surface area (Å²) in [5.74, 6) is -5.76. The van der Waals surface area contributed by atoms with Crippen molar-refractivity contribution in [2.75, 3.05) is 9.80 Å². The van der Waals surface area contributed by atoms with E-state index in [1.54, 1.807) is 26.1 Å². The molecule has 1 N–H and O–H groups in total. The smallest absolute Gasteiger partial charge is 0.271 e. The maximum Gasteiger partial charge on any atom is 0.271 e. The zero-order valence-electron chi connectivity index (χ0n) is 29.5. The first-order valence-corrected chi connectivity index (χ1v) is 19.2. The average molecular weight is 797 g/mol. The largest absolute Gasteiger partial charge is 0.508 e. The van der Waals surface area contributed by atoms with Gasteiger partial charge in [-0.25, -0.2) is 9.80 Å². The van der Waals surface area contributed by atoms with E-state index in [0.29, 0.717) is 21.9 Å². The minimum atomic E-state index is -1.38. The van der Waals surface area contributed by atoms with Crippen molar-refractivity contribution < 1.29 is 29.2 Å². The van der Waals surface area contributed by atoms with Gasteiger partial charge in [0.15, 0.2) is 0 Å². The number of anilines is 2. The molecule has 0 radical (unpaired) electrons. The summed E-state index contributed by atoms with van der Waals surface area (Å²) in [6.07, 6.45) is 2.16. The summed E-state index contributed by atoms with van der Waals surface area (Å²) in [4.78, 5) is 72.4. The van der Waals surface area contributed by atoms with E-state index in [2.05, 4.69) is 0 Å². The highest BCUT2D eigenvalue weighted by Gasteiger charge is 2.68. The number of hydrogen-bond donors (Lipinski definition) is 1. The normalized spacial score (nSPS) is 26.1. The summed E-state index contributed by atoms with van der Waals surface area (Å²) in [5.41, 5.74) is 1.22. The topological polar surface area (TPSA) is 156 Å². The van der Waals surface area contributed by atoms with Crippen LogP contribution in [0, 0.1) is 46.1 Å². The third kappa shape index (κ3) is 4.99. The lowest BCUT2D eigenvalue weighted by molar-refractivity contribution is -0.384. The van der Waals surface area contributed by atoms with Gasteiger partial charge in [0.05, 0.1) is 38.7 Å². The molecule has 3 aromatic carbocycles. The Balaban J connectivity index is 1.15.